The summed E-state index contributed by atoms with van der Waals surface area (Å²) >= 11 is 11.8. The molecule has 5 nitrogen and oxygen atoms in total. The Morgan fingerprint density at radius 1 is 1.40 bits per heavy atom. The summed E-state index contributed by atoms with van der Waals surface area (Å²) in [5.74, 6) is -0.206. The number of imide groups is 1. The maximum Gasteiger partial charge on any atom is 0.324 e. The van der Waals surface area contributed by atoms with Crippen molar-refractivity contribution >= 4 is 35.1 Å². The average Bonchev–Trinajstić information content (AvgIpc) is 2.80. The summed E-state index contributed by atoms with van der Waals surface area (Å²) in [4.78, 5) is 26.4. The molecule has 1 aromatic rings. The van der Waals surface area contributed by atoms with Gasteiger partial charge in [0.15, 0.2) is 0 Å². The van der Waals surface area contributed by atoms with Crippen LogP contribution >= 0.6 is 23.2 Å². The number of amides is 3. The first kappa shape index (κ1) is 15.1. The van der Waals surface area contributed by atoms with E-state index in [9.17, 15) is 9.59 Å². The van der Waals surface area contributed by atoms with Crippen LogP contribution in [0.5, 0.6) is 0 Å². The van der Waals surface area contributed by atoms with E-state index in [4.69, 9.17) is 23.2 Å². The van der Waals surface area contributed by atoms with E-state index in [2.05, 4.69) is 5.32 Å². The van der Waals surface area contributed by atoms with Crippen molar-refractivity contribution in [3.63, 3.8) is 0 Å². The Hall–Kier alpha value is -1.30. The summed E-state index contributed by atoms with van der Waals surface area (Å²) in [5, 5.41) is 3.59. The lowest BCUT2D eigenvalue weighted by Crippen LogP contribution is -2.40. The largest absolute Gasteiger partial charge is 0.336 e. The Labute approximate surface area is 127 Å². The van der Waals surface area contributed by atoms with Gasteiger partial charge in [-0.05, 0) is 24.7 Å². The molecule has 2 rings (SSSR count). The van der Waals surface area contributed by atoms with Gasteiger partial charge >= 0.3 is 6.03 Å². The molecule has 0 bridgehead atoms. The van der Waals surface area contributed by atoms with Crippen molar-refractivity contribution in [2.45, 2.75) is 6.54 Å². The van der Waals surface area contributed by atoms with Crippen LogP contribution in [0.3, 0.4) is 0 Å². The molecule has 1 aliphatic rings. The van der Waals surface area contributed by atoms with E-state index in [-0.39, 0.29) is 18.5 Å². The number of benzene rings is 1. The Morgan fingerprint density at radius 3 is 2.75 bits per heavy atom. The highest BCUT2D eigenvalue weighted by atomic mass is 35.5. The molecule has 0 aliphatic carbocycles. The highest BCUT2D eigenvalue weighted by Crippen LogP contribution is 2.23. The average molecular weight is 316 g/mol. The van der Waals surface area contributed by atoms with Crippen LogP contribution in [0.1, 0.15) is 5.56 Å². The van der Waals surface area contributed by atoms with Crippen molar-refractivity contribution in [2.75, 3.05) is 26.7 Å². The normalized spacial score (nSPS) is 14.8. The number of hydrogen-bond acceptors (Lipinski definition) is 3. The van der Waals surface area contributed by atoms with E-state index in [1.165, 1.54) is 4.90 Å². The summed E-state index contributed by atoms with van der Waals surface area (Å²) in [6, 6.07) is 5.03. The molecule has 1 heterocycles. The van der Waals surface area contributed by atoms with Crippen LogP contribution in [-0.4, -0.2) is 48.4 Å². The highest BCUT2D eigenvalue weighted by Gasteiger charge is 2.26. The van der Waals surface area contributed by atoms with Gasteiger partial charge in [-0.2, -0.15) is 0 Å². The number of carbonyl (C=O) groups is 2. The number of hydrogen-bond donors (Lipinski definition) is 1. The Kier molecular flexibility index (Phi) is 4.86. The molecule has 0 atom stereocenters. The van der Waals surface area contributed by atoms with Crippen LogP contribution in [0, 0.1) is 0 Å². The molecule has 0 saturated carbocycles. The van der Waals surface area contributed by atoms with E-state index in [0.29, 0.717) is 29.7 Å². The molecule has 108 valence electrons. The second kappa shape index (κ2) is 6.43. The minimum Gasteiger partial charge on any atom is -0.336 e. The van der Waals surface area contributed by atoms with Crippen molar-refractivity contribution < 1.29 is 9.59 Å². The topological polar surface area (TPSA) is 52.7 Å². The fourth-order valence-electron chi connectivity index (χ4n) is 2.03. The lowest BCUT2D eigenvalue weighted by atomic mass is 10.2. The van der Waals surface area contributed by atoms with Crippen molar-refractivity contribution in [2.24, 2.45) is 0 Å². The number of rotatable bonds is 4. The molecule has 1 saturated heterocycles. The van der Waals surface area contributed by atoms with Gasteiger partial charge in [-0.1, -0.05) is 29.3 Å². The van der Waals surface area contributed by atoms with Crippen LogP contribution in [0.15, 0.2) is 18.2 Å². The van der Waals surface area contributed by atoms with Crippen LogP contribution < -0.4 is 5.32 Å². The van der Waals surface area contributed by atoms with Gasteiger partial charge in [0.1, 0.15) is 0 Å². The van der Waals surface area contributed by atoms with Gasteiger partial charge < -0.3 is 5.32 Å². The first-order valence-corrected chi connectivity index (χ1v) is 6.93. The van der Waals surface area contributed by atoms with E-state index in [1.54, 1.807) is 12.1 Å². The second-order valence-electron chi connectivity index (χ2n) is 4.70. The van der Waals surface area contributed by atoms with Crippen LogP contribution in [0.2, 0.25) is 10.0 Å². The molecule has 7 heteroatoms. The van der Waals surface area contributed by atoms with E-state index in [0.717, 1.165) is 5.56 Å². The predicted molar refractivity (Wildman–Crippen MR) is 77.9 cm³/mol. The third-order valence-electron chi connectivity index (χ3n) is 3.00. The number of nitrogens with one attached hydrogen (secondary N) is 1. The zero-order valence-corrected chi connectivity index (χ0v) is 12.5. The van der Waals surface area contributed by atoms with Crippen molar-refractivity contribution in [1.82, 2.24) is 15.1 Å². The molecule has 1 aliphatic heterocycles. The molecule has 0 aromatic heterocycles. The molecule has 3 amide bonds. The van der Waals surface area contributed by atoms with Gasteiger partial charge in [0.25, 0.3) is 0 Å². The smallest absolute Gasteiger partial charge is 0.324 e. The SMILES string of the molecule is CN(CC(=O)N1CCNC1=O)Cc1ccc(Cl)c(Cl)c1. The van der Waals surface area contributed by atoms with Gasteiger partial charge in [-0.15, -0.1) is 0 Å². The number of nitrogens with zero attached hydrogens (tertiary/aromatic N) is 2. The van der Waals surface area contributed by atoms with Gasteiger partial charge in [-0.3, -0.25) is 14.6 Å². The van der Waals surface area contributed by atoms with Crippen LogP contribution in [0.25, 0.3) is 0 Å². The fourth-order valence-corrected chi connectivity index (χ4v) is 2.35. The number of urea groups is 1. The Morgan fingerprint density at radius 2 is 2.15 bits per heavy atom. The fraction of sp³-hybridized carbons (Fsp3) is 0.385. The number of likely N-dealkylation sites (N-methyl/N-ethyl adjacent to an activating group) is 1. The Bertz CT molecular complexity index is 536. The summed E-state index contributed by atoms with van der Waals surface area (Å²) in [6.07, 6.45) is 0. The van der Waals surface area contributed by atoms with E-state index in [1.807, 2.05) is 18.0 Å². The zero-order chi connectivity index (χ0) is 14.7. The lowest BCUT2D eigenvalue weighted by molar-refractivity contribution is -0.128. The molecular formula is C13H15Cl2N3O2. The third-order valence-corrected chi connectivity index (χ3v) is 3.74. The number of carbonyl (C=O) groups excluding carboxylic acids is 2. The van der Waals surface area contributed by atoms with Crippen LogP contribution in [0.4, 0.5) is 4.79 Å². The lowest BCUT2D eigenvalue weighted by Gasteiger charge is -2.19. The quantitative estimate of drug-likeness (QED) is 0.924. The molecule has 1 N–H and O–H groups in total. The van der Waals surface area contributed by atoms with E-state index < -0.39 is 0 Å². The maximum absolute atomic E-state index is 12.0. The van der Waals surface area contributed by atoms with Gasteiger partial charge in [0.2, 0.25) is 5.91 Å². The minimum atomic E-state index is -0.321. The van der Waals surface area contributed by atoms with Crippen molar-refractivity contribution in [3.8, 4) is 0 Å². The summed E-state index contributed by atoms with van der Waals surface area (Å²) < 4.78 is 0. The molecule has 0 radical (unpaired) electrons. The van der Waals surface area contributed by atoms with Crippen molar-refractivity contribution in [3.05, 3.63) is 33.8 Å². The van der Waals surface area contributed by atoms with E-state index >= 15 is 0 Å². The highest BCUT2D eigenvalue weighted by molar-refractivity contribution is 6.42. The molecule has 0 unspecified atom stereocenters. The third kappa shape index (κ3) is 3.62. The van der Waals surface area contributed by atoms with Gasteiger partial charge in [-0.25, -0.2) is 4.79 Å². The first-order chi connectivity index (χ1) is 9.47. The van der Waals surface area contributed by atoms with Crippen molar-refractivity contribution in [1.29, 1.82) is 0 Å². The minimum absolute atomic E-state index is 0.174. The molecule has 1 fully saturated rings. The molecule has 20 heavy (non-hydrogen) atoms. The monoisotopic (exact) mass is 315 g/mol. The van der Waals surface area contributed by atoms with Crippen LogP contribution in [-0.2, 0) is 11.3 Å². The number of halogens is 2. The molecule has 0 spiro atoms. The van der Waals surface area contributed by atoms with Gasteiger partial charge in [0, 0.05) is 19.6 Å². The van der Waals surface area contributed by atoms with Gasteiger partial charge in [0.05, 0.1) is 16.6 Å². The molecule has 1 aromatic carbocycles. The summed E-state index contributed by atoms with van der Waals surface area (Å²) in [7, 11) is 1.81. The maximum atomic E-state index is 12.0. The second-order valence-corrected chi connectivity index (χ2v) is 5.51. The predicted octanol–water partition coefficient (Wildman–Crippen LogP) is 1.98. The standard InChI is InChI=1S/C13H15Cl2N3O2/c1-17(7-9-2-3-10(14)11(15)6-9)8-12(19)18-5-4-16-13(18)20/h2-3,6H,4-5,7-8H2,1H3,(H,16,20). The summed E-state index contributed by atoms with van der Waals surface area (Å²) in [5.41, 5.74) is 0.959. The first-order valence-electron chi connectivity index (χ1n) is 6.18. The molecular weight excluding hydrogens is 301 g/mol. The Balaban J connectivity index is 1.91. The zero-order valence-electron chi connectivity index (χ0n) is 11.0. The summed E-state index contributed by atoms with van der Waals surface area (Å²) in [6.45, 7) is 1.67.